The van der Waals surface area contributed by atoms with Crippen LogP contribution in [0.3, 0.4) is 0 Å². The molecule has 3 heterocycles. The van der Waals surface area contributed by atoms with Gasteiger partial charge in [0, 0.05) is 38.1 Å². The van der Waals surface area contributed by atoms with Gasteiger partial charge in [-0.1, -0.05) is 6.07 Å². The largest absolute Gasteiger partial charge is 0.422 e. The van der Waals surface area contributed by atoms with Crippen molar-refractivity contribution in [3.63, 3.8) is 0 Å². The molecule has 0 unspecified atom stereocenters. The third kappa shape index (κ3) is 3.04. The fourth-order valence-corrected chi connectivity index (χ4v) is 4.21. The molecule has 2 aliphatic heterocycles. The summed E-state index contributed by atoms with van der Waals surface area (Å²) in [5, 5.41) is 0.986. The molecule has 0 N–H and O–H groups in total. The van der Waals surface area contributed by atoms with E-state index < -0.39 is 0 Å². The van der Waals surface area contributed by atoms with Crippen molar-refractivity contribution >= 4 is 16.9 Å². The van der Waals surface area contributed by atoms with Gasteiger partial charge < -0.3 is 14.1 Å². The van der Waals surface area contributed by atoms with Gasteiger partial charge in [0.05, 0.1) is 25.2 Å². The van der Waals surface area contributed by atoms with Gasteiger partial charge in [0.25, 0.3) is 0 Å². The highest BCUT2D eigenvalue weighted by atomic mass is 16.5. The van der Waals surface area contributed by atoms with Gasteiger partial charge in [-0.2, -0.15) is 0 Å². The molecule has 0 saturated carbocycles. The Morgan fingerprint density at radius 1 is 1.15 bits per heavy atom. The standard InChI is InChI=1S/C20H24N2O4/c1-12-6-13(2)20-15(7-12)14(8-19(24)26-20)9-22-10-16-17(11-22)25-5-4-18(23)21(16)3/h6-8,16-17H,4-5,9-11H2,1-3H3/t16-,17-/m0/s1. The molecule has 1 aromatic carbocycles. The van der Waals surface area contributed by atoms with Crippen molar-refractivity contribution in [1.29, 1.82) is 0 Å². The van der Waals surface area contributed by atoms with Gasteiger partial charge in [0.15, 0.2) is 0 Å². The van der Waals surface area contributed by atoms with E-state index in [1.54, 1.807) is 6.07 Å². The summed E-state index contributed by atoms with van der Waals surface area (Å²) in [5.74, 6) is 0.136. The predicted octanol–water partition coefficient (Wildman–Crippen LogP) is 1.84. The summed E-state index contributed by atoms with van der Waals surface area (Å²) >= 11 is 0. The lowest BCUT2D eigenvalue weighted by molar-refractivity contribution is -0.131. The average molecular weight is 356 g/mol. The third-order valence-electron chi connectivity index (χ3n) is 5.50. The molecule has 0 bridgehead atoms. The molecule has 1 amide bonds. The second-order valence-corrected chi connectivity index (χ2v) is 7.47. The smallest absolute Gasteiger partial charge is 0.336 e. The summed E-state index contributed by atoms with van der Waals surface area (Å²) in [5.41, 5.74) is 3.42. The molecule has 2 saturated heterocycles. The zero-order valence-corrected chi connectivity index (χ0v) is 15.4. The number of ether oxygens (including phenoxy) is 1. The number of benzene rings is 1. The molecule has 0 spiro atoms. The average Bonchev–Trinajstić information content (AvgIpc) is 2.92. The third-order valence-corrected chi connectivity index (χ3v) is 5.50. The molecule has 2 aliphatic rings. The topological polar surface area (TPSA) is 63.0 Å². The number of carbonyl (C=O) groups excluding carboxylic acids is 1. The van der Waals surface area contributed by atoms with Crippen molar-refractivity contribution in [2.24, 2.45) is 0 Å². The molecule has 138 valence electrons. The number of nitrogens with zero attached hydrogens (tertiary/aromatic N) is 2. The zero-order chi connectivity index (χ0) is 18.4. The number of aryl methyl sites for hydroxylation is 2. The molecule has 6 heteroatoms. The maximum Gasteiger partial charge on any atom is 0.336 e. The molecule has 6 nitrogen and oxygen atoms in total. The van der Waals surface area contributed by atoms with Crippen molar-refractivity contribution in [2.75, 3.05) is 26.7 Å². The van der Waals surface area contributed by atoms with Gasteiger partial charge in [-0.15, -0.1) is 0 Å². The van der Waals surface area contributed by atoms with E-state index >= 15 is 0 Å². The molecule has 0 aliphatic carbocycles. The monoisotopic (exact) mass is 356 g/mol. The van der Waals surface area contributed by atoms with E-state index in [0.29, 0.717) is 25.2 Å². The zero-order valence-electron chi connectivity index (χ0n) is 15.4. The molecule has 0 radical (unpaired) electrons. The van der Waals surface area contributed by atoms with Gasteiger partial charge in [-0.25, -0.2) is 4.79 Å². The highest BCUT2D eigenvalue weighted by molar-refractivity contribution is 5.83. The van der Waals surface area contributed by atoms with E-state index in [0.717, 1.165) is 35.2 Å². The lowest BCUT2D eigenvalue weighted by Gasteiger charge is -2.25. The quantitative estimate of drug-likeness (QED) is 0.769. The van der Waals surface area contributed by atoms with Crippen LogP contribution < -0.4 is 5.63 Å². The molecule has 26 heavy (non-hydrogen) atoms. The van der Waals surface area contributed by atoms with Crippen LogP contribution in [0, 0.1) is 13.8 Å². The van der Waals surface area contributed by atoms with E-state index in [-0.39, 0.29) is 23.7 Å². The van der Waals surface area contributed by atoms with Crippen LogP contribution in [0.1, 0.15) is 23.1 Å². The van der Waals surface area contributed by atoms with Gasteiger partial charge in [0.1, 0.15) is 5.58 Å². The van der Waals surface area contributed by atoms with Crippen LogP contribution in [-0.2, 0) is 16.1 Å². The summed E-state index contributed by atoms with van der Waals surface area (Å²) in [4.78, 5) is 28.2. The Hall–Kier alpha value is -2.18. The van der Waals surface area contributed by atoms with Crippen molar-refractivity contribution in [2.45, 2.75) is 39.0 Å². The SMILES string of the molecule is Cc1cc(C)c2oc(=O)cc(CN3C[C@@H]4OCCC(=O)N(C)[C@H]4C3)c2c1. The number of carbonyl (C=O) groups is 1. The Kier molecular flexibility index (Phi) is 4.32. The normalized spacial score (nSPS) is 24.1. The van der Waals surface area contributed by atoms with Crippen LogP contribution in [0.2, 0.25) is 0 Å². The first-order chi connectivity index (χ1) is 12.4. The summed E-state index contributed by atoms with van der Waals surface area (Å²) in [6.45, 7) is 6.64. The van der Waals surface area contributed by atoms with Crippen LogP contribution in [0.15, 0.2) is 27.4 Å². The molecule has 2 fully saturated rings. The second-order valence-electron chi connectivity index (χ2n) is 7.47. The first kappa shape index (κ1) is 17.2. The van der Waals surface area contributed by atoms with E-state index in [1.807, 2.05) is 31.9 Å². The molecule has 1 aromatic heterocycles. The number of hydrogen-bond donors (Lipinski definition) is 0. The molecular formula is C20H24N2O4. The molecule has 2 aromatic rings. The molecule has 4 rings (SSSR count). The van der Waals surface area contributed by atoms with Gasteiger partial charge in [-0.3, -0.25) is 9.69 Å². The lowest BCUT2D eigenvalue weighted by atomic mass is 10.0. The number of likely N-dealkylation sites (tertiary alicyclic amines) is 1. The van der Waals surface area contributed by atoms with Crippen molar-refractivity contribution in [3.05, 3.63) is 45.3 Å². The number of hydrogen-bond acceptors (Lipinski definition) is 5. The van der Waals surface area contributed by atoms with E-state index in [9.17, 15) is 9.59 Å². The van der Waals surface area contributed by atoms with E-state index in [4.69, 9.17) is 9.15 Å². The predicted molar refractivity (Wildman–Crippen MR) is 98.2 cm³/mol. The second kappa shape index (κ2) is 6.52. The maximum absolute atomic E-state index is 12.1. The fourth-order valence-electron chi connectivity index (χ4n) is 4.21. The van der Waals surface area contributed by atoms with E-state index in [2.05, 4.69) is 11.0 Å². The van der Waals surface area contributed by atoms with Crippen molar-refractivity contribution in [3.8, 4) is 0 Å². The van der Waals surface area contributed by atoms with E-state index in [1.165, 1.54) is 0 Å². The Labute approximate surface area is 152 Å². The van der Waals surface area contributed by atoms with Gasteiger partial charge >= 0.3 is 5.63 Å². The van der Waals surface area contributed by atoms with Crippen LogP contribution in [0.25, 0.3) is 11.0 Å². The number of rotatable bonds is 2. The summed E-state index contributed by atoms with van der Waals surface area (Å²) in [6.07, 6.45) is 0.480. The lowest BCUT2D eigenvalue weighted by Crippen LogP contribution is -2.42. The Morgan fingerprint density at radius 3 is 2.77 bits per heavy atom. The van der Waals surface area contributed by atoms with Gasteiger partial charge in [0.2, 0.25) is 5.91 Å². The summed E-state index contributed by atoms with van der Waals surface area (Å²) in [7, 11) is 1.86. The van der Waals surface area contributed by atoms with Gasteiger partial charge in [-0.05, 0) is 36.6 Å². The fraction of sp³-hybridized carbons (Fsp3) is 0.500. The first-order valence-electron chi connectivity index (χ1n) is 9.06. The highest BCUT2D eigenvalue weighted by Gasteiger charge is 2.39. The molecular weight excluding hydrogens is 332 g/mol. The van der Waals surface area contributed by atoms with Crippen LogP contribution in [0.5, 0.6) is 0 Å². The van der Waals surface area contributed by atoms with Crippen LogP contribution in [0.4, 0.5) is 0 Å². The first-order valence-corrected chi connectivity index (χ1v) is 9.06. The minimum atomic E-state index is -0.323. The van der Waals surface area contributed by atoms with Crippen LogP contribution >= 0.6 is 0 Å². The van der Waals surface area contributed by atoms with Crippen molar-refractivity contribution in [1.82, 2.24) is 9.80 Å². The maximum atomic E-state index is 12.1. The number of likely N-dealkylation sites (N-methyl/N-ethyl adjacent to an activating group) is 1. The Bertz CT molecular complexity index is 920. The summed E-state index contributed by atoms with van der Waals surface area (Å²) in [6, 6.07) is 5.75. The van der Waals surface area contributed by atoms with Crippen molar-refractivity contribution < 1.29 is 13.9 Å². The minimum Gasteiger partial charge on any atom is -0.422 e. The number of fused-ring (bicyclic) bond motifs is 2. The molecule has 2 atom stereocenters. The Balaban J connectivity index is 1.64. The van der Waals surface area contributed by atoms with Crippen LogP contribution in [-0.4, -0.2) is 54.6 Å². The Morgan fingerprint density at radius 2 is 1.96 bits per heavy atom. The minimum absolute atomic E-state index is 0.0290. The summed E-state index contributed by atoms with van der Waals surface area (Å²) < 4.78 is 11.3. The highest BCUT2D eigenvalue weighted by Crippen LogP contribution is 2.27. The number of amides is 1.